The Morgan fingerprint density at radius 1 is 0.970 bits per heavy atom. The number of aromatic nitrogens is 4. The summed E-state index contributed by atoms with van der Waals surface area (Å²) in [6, 6.07) is 13.0. The van der Waals surface area contributed by atoms with Crippen LogP contribution in [0, 0.1) is 27.7 Å². The van der Waals surface area contributed by atoms with E-state index in [2.05, 4.69) is 19.7 Å². The molecule has 0 saturated carbocycles. The number of sulfonamides is 1. The second-order valence-electron chi connectivity index (χ2n) is 7.54. The van der Waals surface area contributed by atoms with Crippen molar-refractivity contribution in [3.8, 4) is 17.4 Å². The highest BCUT2D eigenvalue weighted by Gasteiger charge is 2.17. The second kappa shape index (κ2) is 8.84. The molecule has 0 bridgehead atoms. The Bertz CT molecular complexity index is 1430. The first-order chi connectivity index (χ1) is 15.6. The normalized spacial score (nSPS) is 11.4. The summed E-state index contributed by atoms with van der Waals surface area (Å²) in [7, 11) is -3.79. The van der Waals surface area contributed by atoms with E-state index in [1.54, 1.807) is 62.6 Å². The zero-order valence-corrected chi connectivity index (χ0v) is 20.1. The molecule has 8 nitrogen and oxygen atoms in total. The van der Waals surface area contributed by atoms with Gasteiger partial charge in [-0.3, -0.25) is 9.29 Å². The number of aryl methyl sites for hydroxylation is 3. The van der Waals surface area contributed by atoms with Crippen LogP contribution in [0.3, 0.4) is 0 Å². The number of rotatable bonds is 6. The van der Waals surface area contributed by atoms with Gasteiger partial charge in [0.25, 0.3) is 10.0 Å². The number of hydrogen-bond donors (Lipinski definition) is 1. The zero-order chi connectivity index (χ0) is 23.8. The first-order valence-corrected chi connectivity index (χ1v) is 11.9. The van der Waals surface area contributed by atoms with Crippen molar-refractivity contribution in [3.05, 3.63) is 82.7 Å². The van der Waals surface area contributed by atoms with Crippen LogP contribution in [-0.2, 0) is 10.0 Å². The van der Waals surface area contributed by atoms with E-state index in [4.69, 9.17) is 16.3 Å². The standard InChI is InChI=1S/C23H22ClN5O3S/c1-14-5-6-18(24)11-21(14)33(30,31)28-19-7-9-20(10-8-19)32-23-12-22(26-17(4)27-23)29-13-25-15(2)16(29)3/h5-13,28H,1-4H3. The predicted molar refractivity (Wildman–Crippen MR) is 127 cm³/mol. The van der Waals surface area contributed by atoms with Gasteiger partial charge in [-0.25, -0.2) is 18.4 Å². The van der Waals surface area contributed by atoms with Crippen molar-refractivity contribution in [1.82, 2.24) is 19.5 Å². The van der Waals surface area contributed by atoms with Gasteiger partial charge in [-0.05, 0) is 69.7 Å². The lowest BCUT2D eigenvalue weighted by Gasteiger charge is -2.12. The van der Waals surface area contributed by atoms with Gasteiger partial charge in [0.05, 0.1) is 10.6 Å². The minimum Gasteiger partial charge on any atom is -0.439 e. The summed E-state index contributed by atoms with van der Waals surface area (Å²) in [4.78, 5) is 13.2. The molecular formula is C23H22ClN5O3S. The van der Waals surface area contributed by atoms with E-state index in [0.717, 1.165) is 11.4 Å². The van der Waals surface area contributed by atoms with Crippen molar-refractivity contribution in [2.24, 2.45) is 0 Å². The third-order valence-electron chi connectivity index (χ3n) is 5.07. The fourth-order valence-electron chi connectivity index (χ4n) is 3.22. The molecule has 0 aliphatic carbocycles. The van der Waals surface area contributed by atoms with Gasteiger partial charge < -0.3 is 4.74 Å². The summed E-state index contributed by atoms with van der Waals surface area (Å²) >= 11 is 5.97. The van der Waals surface area contributed by atoms with Crippen LogP contribution in [0.2, 0.25) is 5.02 Å². The molecule has 33 heavy (non-hydrogen) atoms. The van der Waals surface area contributed by atoms with Crippen LogP contribution in [0.15, 0.2) is 59.8 Å². The Hall–Kier alpha value is -3.43. The molecule has 4 aromatic rings. The smallest absolute Gasteiger partial charge is 0.262 e. The molecule has 2 heterocycles. The number of benzene rings is 2. The number of ether oxygens (including phenoxy) is 1. The minimum atomic E-state index is -3.79. The third-order valence-corrected chi connectivity index (χ3v) is 6.83. The third kappa shape index (κ3) is 4.99. The Morgan fingerprint density at radius 3 is 2.36 bits per heavy atom. The van der Waals surface area contributed by atoms with Crippen molar-refractivity contribution < 1.29 is 13.2 Å². The summed E-state index contributed by atoms with van der Waals surface area (Å²) in [5, 5.41) is 0.352. The van der Waals surface area contributed by atoms with Gasteiger partial charge in [-0.2, -0.15) is 4.98 Å². The molecule has 2 aromatic carbocycles. The summed E-state index contributed by atoms with van der Waals surface area (Å²) < 4.78 is 35.9. The van der Waals surface area contributed by atoms with Crippen LogP contribution in [0.5, 0.6) is 11.6 Å². The molecule has 0 aliphatic rings. The maximum Gasteiger partial charge on any atom is 0.262 e. The van der Waals surface area contributed by atoms with Crippen LogP contribution < -0.4 is 9.46 Å². The van der Waals surface area contributed by atoms with Crippen molar-refractivity contribution >= 4 is 27.3 Å². The van der Waals surface area contributed by atoms with Gasteiger partial charge in [0, 0.05) is 22.5 Å². The van der Waals surface area contributed by atoms with Crippen LogP contribution >= 0.6 is 11.6 Å². The van der Waals surface area contributed by atoms with E-state index >= 15 is 0 Å². The molecule has 0 radical (unpaired) electrons. The van der Waals surface area contributed by atoms with Gasteiger partial charge in [-0.15, -0.1) is 0 Å². The molecule has 4 rings (SSSR count). The second-order valence-corrected chi connectivity index (χ2v) is 9.63. The summed E-state index contributed by atoms with van der Waals surface area (Å²) in [5.74, 6) is 2.07. The van der Waals surface area contributed by atoms with E-state index in [1.807, 2.05) is 18.4 Å². The zero-order valence-electron chi connectivity index (χ0n) is 18.5. The predicted octanol–water partition coefficient (Wildman–Crippen LogP) is 5.14. The van der Waals surface area contributed by atoms with E-state index in [1.165, 1.54) is 6.07 Å². The average molecular weight is 484 g/mol. The maximum atomic E-state index is 12.8. The minimum absolute atomic E-state index is 0.129. The number of anilines is 1. The van der Waals surface area contributed by atoms with Gasteiger partial charge in [0.2, 0.25) is 5.88 Å². The first kappa shape index (κ1) is 22.8. The molecule has 0 unspecified atom stereocenters. The number of halogens is 1. The highest BCUT2D eigenvalue weighted by molar-refractivity contribution is 7.92. The number of nitrogens with zero attached hydrogens (tertiary/aromatic N) is 4. The number of hydrogen-bond acceptors (Lipinski definition) is 6. The number of nitrogens with one attached hydrogen (secondary N) is 1. The molecule has 0 saturated heterocycles. The molecule has 0 aliphatic heterocycles. The Kier molecular flexibility index (Phi) is 6.09. The molecule has 1 N–H and O–H groups in total. The Balaban J connectivity index is 1.54. The highest BCUT2D eigenvalue weighted by atomic mass is 35.5. The van der Waals surface area contributed by atoms with Crippen LogP contribution in [0.4, 0.5) is 5.69 Å². The monoisotopic (exact) mass is 483 g/mol. The van der Waals surface area contributed by atoms with E-state index in [-0.39, 0.29) is 4.90 Å². The van der Waals surface area contributed by atoms with E-state index < -0.39 is 10.0 Å². The van der Waals surface area contributed by atoms with Crippen molar-refractivity contribution in [2.75, 3.05) is 4.72 Å². The summed E-state index contributed by atoms with van der Waals surface area (Å²) in [6.45, 7) is 7.39. The summed E-state index contributed by atoms with van der Waals surface area (Å²) in [5.41, 5.74) is 2.89. The Morgan fingerprint density at radius 2 is 1.70 bits per heavy atom. The van der Waals surface area contributed by atoms with Crippen LogP contribution in [0.25, 0.3) is 5.82 Å². The molecule has 170 valence electrons. The maximum absolute atomic E-state index is 12.8. The molecule has 0 amide bonds. The molecule has 0 atom stereocenters. The molecule has 0 fully saturated rings. The molecular weight excluding hydrogens is 462 g/mol. The fourth-order valence-corrected chi connectivity index (χ4v) is 4.78. The topological polar surface area (TPSA) is 99.0 Å². The van der Waals surface area contributed by atoms with E-state index in [0.29, 0.717) is 39.5 Å². The van der Waals surface area contributed by atoms with Gasteiger partial charge in [-0.1, -0.05) is 17.7 Å². The summed E-state index contributed by atoms with van der Waals surface area (Å²) in [6.07, 6.45) is 1.71. The Labute approximate surface area is 197 Å². The van der Waals surface area contributed by atoms with Crippen molar-refractivity contribution in [3.63, 3.8) is 0 Å². The largest absolute Gasteiger partial charge is 0.439 e. The number of imidazole rings is 1. The lowest BCUT2D eigenvalue weighted by molar-refractivity contribution is 0.459. The van der Waals surface area contributed by atoms with E-state index in [9.17, 15) is 8.42 Å². The first-order valence-electron chi connectivity index (χ1n) is 10.1. The van der Waals surface area contributed by atoms with Crippen molar-refractivity contribution in [1.29, 1.82) is 0 Å². The average Bonchev–Trinajstić information content (AvgIpc) is 3.09. The van der Waals surface area contributed by atoms with Gasteiger partial charge in [0.15, 0.2) is 0 Å². The lowest BCUT2D eigenvalue weighted by Crippen LogP contribution is -2.14. The molecule has 10 heteroatoms. The van der Waals surface area contributed by atoms with Crippen LogP contribution in [-0.4, -0.2) is 27.9 Å². The van der Waals surface area contributed by atoms with Crippen molar-refractivity contribution in [2.45, 2.75) is 32.6 Å². The lowest BCUT2D eigenvalue weighted by atomic mass is 10.2. The van der Waals surface area contributed by atoms with Crippen LogP contribution in [0.1, 0.15) is 22.8 Å². The quantitative estimate of drug-likeness (QED) is 0.407. The van der Waals surface area contributed by atoms with Gasteiger partial charge >= 0.3 is 0 Å². The highest BCUT2D eigenvalue weighted by Crippen LogP contribution is 2.26. The SMILES string of the molecule is Cc1nc(Oc2ccc(NS(=O)(=O)c3cc(Cl)ccc3C)cc2)cc(-n2cnc(C)c2C)n1. The molecule has 2 aromatic heterocycles. The fraction of sp³-hybridized carbons (Fsp3) is 0.174. The van der Waals surface area contributed by atoms with Gasteiger partial charge in [0.1, 0.15) is 23.7 Å². The molecule has 0 spiro atoms.